The van der Waals surface area contributed by atoms with Crippen molar-refractivity contribution in [1.29, 1.82) is 5.26 Å². The maximum atomic E-state index is 8.84. The fraction of sp³-hybridized carbons (Fsp3) is 0.154. The van der Waals surface area contributed by atoms with Crippen molar-refractivity contribution in [3.05, 3.63) is 41.7 Å². The zero-order chi connectivity index (χ0) is 13.0. The van der Waals surface area contributed by atoms with E-state index in [1.54, 1.807) is 12.1 Å². The normalized spacial score (nSPS) is 9.61. The lowest BCUT2D eigenvalue weighted by Crippen LogP contribution is -2.01. The van der Waals surface area contributed by atoms with Crippen LogP contribution in [0.25, 0.3) is 0 Å². The number of nitriles is 1. The lowest BCUT2D eigenvalue weighted by molar-refractivity contribution is 1.06. The summed E-state index contributed by atoms with van der Waals surface area (Å²) in [5.41, 5.74) is 1.44. The van der Waals surface area contributed by atoms with E-state index in [1.807, 2.05) is 32.2 Å². The summed E-state index contributed by atoms with van der Waals surface area (Å²) < 4.78 is 0. The van der Waals surface area contributed by atoms with Crippen molar-refractivity contribution in [2.24, 2.45) is 0 Å². The highest BCUT2D eigenvalue weighted by atomic mass is 15.1. The average molecular weight is 239 g/mol. The molecule has 5 nitrogen and oxygen atoms in total. The summed E-state index contributed by atoms with van der Waals surface area (Å²) in [5.74, 6) is 2.13. The first kappa shape index (κ1) is 11.9. The molecule has 0 bridgehead atoms. The Morgan fingerprint density at radius 1 is 1.17 bits per heavy atom. The van der Waals surface area contributed by atoms with Crippen LogP contribution in [0, 0.1) is 18.3 Å². The highest BCUT2D eigenvalue weighted by Gasteiger charge is 2.01. The molecule has 0 amide bonds. The van der Waals surface area contributed by atoms with E-state index in [1.165, 1.54) is 0 Å². The Morgan fingerprint density at radius 3 is 2.67 bits per heavy atom. The molecular weight excluding hydrogens is 226 g/mol. The SMILES string of the molecule is CNc1cc(Nc2cccc(C#N)c2)nc(C)n1. The summed E-state index contributed by atoms with van der Waals surface area (Å²) in [4.78, 5) is 8.50. The van der Waals surface area contributed by atoms with Crippen LogP contribution in [0.1, 0.15) is 11.4 Å². The van der Waals surface area contributed by atoms with Crippen LogP contribution < -0.4 is 10.6 Å². The van der Waals surface area contributed by atoms with Crippen LogP contribution in [0.2, 0.25) is 0 Å². The van der Waals surface area contributed by atoms with Crippen molar-refractivity contribution in [1.82, 2.24) is 9.97 Å². The fourth-order valence-corrected chi connectivity index (χ4v) is 1.57. The molecule has 0 spiro atoms. The minimum atomic E-state index is 0.611. The Bertz CT molecular complexity index is 601. The number of hydrogen-bond acceptors (Lipinski definition) is 5. The van der Waals surface area contributed by atoms with E-state index < -0.39 is 0 Å². The summed E-state index contributed by atoms with van der Waals surface area (Å²) in [6.45, 7) is 1.83. The first-order valence-electron chi connectivity index (χ1n) is 5.52. The summed E-state index contributed by atoms with van der Waals surface area (Å²) >= 11 is 0. The summed E-state index contributed by atoms with van der Waals surface area (Å²) in [6.07, 6.45) is 0. The number of rotatable bonds is 3. The molecular formula is C13H13N5. The lowest BCUT2D eigenvalue weighted by Gasteiger charge is -2.08. The van der Waals surface area contributed by atoms with Crippen LogP contribution in [0.4, 0.5) is 17.3 Å². The molecule has 18 heavy (non-hydrogen) atoms. The van der Waals surface area contributed by atoms with Crippen molar-refractivity contribution in [2.75, 3.05) is 17.7 Å². The Labute approximate surface area is 106 Å². The van der Waals surface area contributed by atoms with Gasteiger partial charge in [0.15, 0.2) is 0 Å². The van der Waals surface area contributed by atoms with Gasteiger partial charge < -0.3 is 10.6 Å². The second kappa shape index (κ2) is 5.15. The standard InChI is InChI=1S/C13H13N5/c1-9-16-12(15-2)7-13(17-9)18-11-5-3-4-10(6-11)8-14/h3-7H,1-2H3,(H2,15,16,17,18). The molecule has 2 aromatic rings. The molecule has 1 heterocycles. The van der Waals surface area contributed by atoms with E-state index in [0.717, 1.165) is 11.5 Å². The lowest BCUT2D eigenvalue weighted by atomic mass is 10.2. The molecule has 0 saturated carbocycles. The molecule has 0 fully saturated rings. The van der Waals surface area contributed by atoms with Gasteiger partial charge in [-0.25, -0.2) is 9.97 Å². The molecule has 0 aliphatic rings. The molecule has 90 valence electrons. The second-order valence-corrected chi connectivity index (χ2v) is 3.75. The third-order valence-corrected chi connectivity index (χ3v) is 2.36. The predicted molar refractivity (Wildman–Crippen MR) is 70.8 cm³/mol. The highest BCUT2D eigenvalue weighted by molar-refractivity contribution is 5.60. The van der Waals surface area contributed by atoms with E-state index in [-0.39, 0.29) is 0 Å². The number of anilines is 3. The Balaban J connectivity index is 2.28. The van der Waals surface area contributed by atoms with Crippen LogP contribution >= 0.6 is 0 Å². The highest BCUT2D eigenvalue weighted by Crippen LogP contribution is 2.18. The number of benzene rings is 1. The molecule has 5 heteroatoms. The van der Waals surface area contributed by atoms with Gasteiger partial charge in [-0.15, -0.1) is 0 Å². The molecule has 0 saturated heterocycles. The number of hydrogen-bond donors (Lipinski definition) is 2. The average Bonchev–Trinajstić information content (AvgIpc) is 2.38. The summed E-state index contributed by atoms with van der Waals surface area (Å²) in [6, 6.07) is 11.2. The second-order valence-electron chi connectivity index (χ2n) is 3.75. The third-order valence-electron chi connectivity index (χ3n) is 2.36. The van der Waals surface area contributed by atoms with E-state index in [2.05, 4.69) is 26.7 Å². The minimum Gasteiger partial charge on any atom is -0.373 e. The molecule has 0 aliphatic heterocycles. The number of aryl methyl sites for hydroxylation is 1. The number of nitrogens with zero attached hydrogens (tertiary/aromatic N) is 3. The van der Waals surface area contributed by atoms with E-state index in [0.29, 0.717) is 17.2 Å². The quantitative estimate of drug-likeness (QED) is 0.860. The van der Waals surface area contributed by atoms with Crippen molar-refractivity contribution < 1.29 is 0 Å². The fourth-order valence-electron chi connectivity index (χ4n) is 1.57. The van der Waals surface area contributed by atoms with Crippen LogP contribution in [0.15, 0.2) is 30.3 Å². The van der Waals surface area contributed by atoms with E-state index >= 15 is 0 Å². The van der Waals surface area contributed by atoms with Gasteiger partial charge in [-0.2, -0.15) is 5.26 Å². The van der Waals surface area contributed by atoms with Crippen molar-refractivity contribution in [3.8, 4) is 6.07 Å². The van der Waals surface area contributed by atoms with Crippen LogP contribution in [0.3, 0.4) is 0 Å². The molecule has 2 rings (SSSR count). The van der Waals surface area contributed by atoms with Gasteiger partial charge in [-0.05, 0) is 25.1 Å². The zero-order valence-electron chi connectivity index (χ0n) is 10.2. The molecule has 1 aromatic carbocycles. The number of nitrogens with one attached hydrogen (secondary N) is 2. The maximum Gasteiger partial charge on any atom is 0.136 e. The molecule has 0 radical (unpaired) electrons. The first-order chi connectivity index (χ1) is 8.71. The summed E-state index contributed by atoms with van der Waals surface area (Å²) in [5, 5.41) is 15.0. The monoisotopic (exact) mass is 239 g/mol. The third kappa shape index (κ3) is 2.74. The van der Waals surface area contributed by atoms with E-state index in [4.69, 9.17) is 5.26 Å². The predicted octanol–water partition coefficient (Wildman–Crippen LogP) is 2.44. The minimum absolute atomic E-state index is 0.611. The molecule has 0 aliphatic carbocycles. The van der Waals surface area contributed by atoms with Gasteiger partial charge >= 0.3 is 0 Å². The van der Waals surface area contributed by atoms with Gasteiger partial charge in [-0.1, -0.05) is 6.07 Å². The van der Waals surface area contributed by atoms with Gasteiger partial charge in [0, 0.05) is 18.8 Å². The smallest absolute Gasteiger partial charge is 0.136 e. The summed E-state index contributed by atoms with van der Waals surface area (Å²) in [7, 11) is 1.81. The van der Waals surface area contributed by atoms with Crippen molar-refractivity contribution >= 4 is 17.3 Å². The van der Waals surface area contributed by atoms with Gasteiger partial charge in [0.05, 0.1) is 11.6 Å². The van der Waals surface area contributed by atoms with Crippen LogP contribution in [-0.4, -0.2) is 17.0 Å². The van der Waals surface area contributed by atoms with Crippen LogP contribution in [0.5, 0.6) is 0 Å². The maximum absolute atomic E-state index is 8.84. The van der Waals surface area contributed by atoms with Gasteiger partial charge in [0.1, 0.15) is 17.5 Å². The Kier molecular flexibility index (Phi) is 3.39. The molecule has 0 unspecified atom stereocenters. The zero-order valence-corrected chi connectivity index (χ0v) is 10.2. The topological polar surface area (TPSA) is 73.6 Å². The van der Waals surface area contributed by atoms with Gasteiger partial charge in [0.2, 0.25) is 0 Å². The number of aromatic nitrogens is 2. The largest absolute Gasteiger partial charge is 0.373 e. The first-order valence-corrected chi connectivity index (χ1v) is 5.52. The molecule has 0 atom stereocenters. The van der Waals surface area contributed by atoms with Gasteiger partial charge in [0.25, 0.3) is 0 Å². The van der Waals surface area contributed by atoms with Gasteiger partial charge in [-0.3, -0.25) is 0 Å². The van der Waals surface area contributed by atoms with E-state index in [9.17, 15) is 0 Å². The Morgan fingerprint density at radius 2 is 1.94 bits per heavy atom. The molecule has 1 aromatic heterocycles. The molecule has 2 N–H and O–H groups in total. The van der Waals surface area contributed by atoms with Crippen LogP contribution in [-0.2, 0) is 0 Å². The van der Waals surface area contributed by atoms with Crippen molar-refractivity contribution in [2.45, 2.75) is 6.92 Å². The Hall–Kier alpha value is -2.61. The van der Waals surface area contributed by atoms with Crippen molar-refractivity contribution in [3.63, 3.8) is 0 Å².